The summed E-state index contributed by atoms with van der Waals surface area (Å²) in [6.45, 7) is 13.1. The summed E-state index contributed by atoms with van der Waals surface area (Å²) in [7, 11) is 0. The molecule has 134 valence electrons. The van der Waals surface area contributed by atoms with Gasteiger partial charge in [-0.1, -0.05) is 78.1 Å². The summed E-state index contributed by atoms with van der Waals surface area (Å²) >= 11 is 0. The summed E-state index contributed by atoms with van der Waals surface area (Å²) in [5, 5.41) is 11.6. The van der Waals surface area contributed by atoms with Gasteiger partial charge in [-0.3, -0.25) is 0 Å². The Morgan fingerprint density at radius 1 is 0.917 bits per heavy atom. The van der Waals surface area contributed by atoms with Crippen molar-refractivity contribution in [2.45, 2.75) is 73.6 Å². The fraction of sp³-hybridized carbons (Fsp3) is 0.565. The normalized spacial score (nSPS) is 15.1. The van der Waals surface area contributed by atoms with Crippen molar-refractivity contribution < 1.29 is 5.11 Å². The van der Waals surface area contributed by atoms with Crippen molar-refractivity contribution in [3.63, 3.8) is 0 Å². The zero-order chi connectivity index (χ0) is 18.2. The summed E-state index contributed by atoms with van der Waals surface area (Å²) in [5.41, 5.74) is 1.69. The van der Waals surface area contributed by atoms with E-state index in [0.717, 1.165) is 16.9 Å². The molecule has 24 heavy (non-hydrogen) atoms. The molecular formula is C23H36O. The number of rotatable bonds is 0. The molecule has 0 amide bonds. The molecule has 1 N–H and O–H groups in total. The van der Waals surface area contributed by atoms with Gasteiger partial charge < -0.3 is 5.11 Å². The second-order valence-electron chi connectivity index (χ2n) is 7.68. The molecule has 1 aliphatic rings. The number of aryl methyl sites for hydroxylation is 1. The lowest BCUT2D eigenvalue weighted by molar-refractivity contribution is 0.180. The van der Waals surface area contributed by atoms with E-state index in [-0.39, 0.29) is 0 Å². The van der Waals surface area contributed by atoms with Crippen LogP contribution in [0.1, 0.15) is 72.3 Å². The molecule has 1 aliphatic carbocycles. The summed E-state index contributed by atoms with van der Waals surface area (Å²) in [6.07, 6.45) is 7.38. The van der Waals surface area contributed by atoms with Crippen LogP contribution in [0.2, 0.25) is 0 Å². The minimum atomic E-state index is 0.339. The van der Waals surface area contributed by atoms with Gasteiger partial charge in [0.1, 0.15) is 5.75 Å². The summed E-state index contributed by atoms with van der Waals surface area (Å²) in [5.74, 6) is 1.34. The second kappa shape index (κ2) is 9.71. The molecule has 0 unspecified atom stereocenters. The van der Waals surface area contributed by atoms with E-state index in [1.54, 1.807) is 12.1 Å². The van der Waals surface area contributed by atoms with Crippen molar-refractivity contribution in [3.05, 3.63) is 42.0 Å². The third-order valence-corrected chi connectivity index (χ3v) is 4.88. The SMILES string of the molecule is CC.CC(C)(C)C1CCCCC1.Cc1cc(O)cc2ccccc12. The van der Waals surface area contributed by atoms with Crippen LogP contribution in [0.15, 0.2) is 36.4 Å². The minimum absolute atomic E-state index is 0.339. The standard InChI is InChI=1S/C11H10O.C10H20.C2H6/c1-8-6-10(12)7-9-4-2-3-5-11(8)9;1-10(2,3)9-7-5-4-6-8-9;1-2/h2-7,12H,1H3;9H,4-8H2,1-3H3;1-2H3. The molecule has 2 aromatic rings. The first-order valence-corrected chi connectivity index (χ1v) is 9.56. The second-order valence-corrected chi connectivity index (χ2v) is 7.68. The van der Waals surface area contributed by atoms with Crippen LogP contribution in [0.5, 0.6) is 5.75 Å². The molecule has 1 nitrogen and oxygen atoms in total. The predicted octanol–water partition coefficient (Wildman–Crippen LogP) is 7.49. The molecule has 0 radical (unpaired) electrons. The quantitative estimate of drug-likeness (QED) is 0.531. The van der Waals surface area contributed by atoms with E-state index >= 15 is 0 Å². The first-order valence-electron chi connectivity index (χ1n) is 9.56. The third kappa shape index (κ3) is 6.19. The Hall–Kier alpha value is -1.50. The molecule has 0 aliphatic heterocycles. The summed E-state index contributed by atoms with van der Waals surface area (Å²) in [4.78, 5) is 0. The molecule has 0 atom stereocenters. The Labute approximate surface area is 149 Å². The van der Waals surface area contributed by atoms with Crippen LogP contribution in [-0.4, -0.2) is 5.11 Å². The molecule has 0 saturated heterocycles. The van der Waals surface area contributed by atoms with Crippen molar-refractivity contribution in [1.29, 1.82) is 0 Å². The van der Waals surface area contributed by atoms with E-state index in [1.807, 2.05) is 39.0 Å². The highest BCUT2D eigenvalue weighted by molar-refractivity contribution is 5.86. The minimum Gasteiger partial charge on any atom is -0.508 e. The predicted molar refractivity (Wildman–Crippen MR) is 108 cm³/mol. The molecule has 0 bridgehead atoms. The summed E-state index contributed by atoms with van der Waals surface area (Å²) < 4.78 is 0. The van der Waals surface area contributed by atoms with Gasteiger partial charge in [0.25, 0.3) is 0 Å². The van der Waals surface area contributed by atoms with Gasteiger partial charge in [-0.05, 0) is 59.6 Å². The maximum atomic E-state index is 9.31. The van der Waals surface area contributed by atoms with E-state index < -0.39 is 0 Å². The van der Waals surface area contributed by atoms with Crippen molar-refractivity contribution in [2.24, 2.45) is 11.3 Å². The molecule has 2 aromatic carbocycles. The number of phenolic OH excluding ortho intramolecular Hbond substituents is 1. The Morgan fingerprint density at radius 3 is 2.04 bits per heavy atom. The molecule has 0 aromatic heterocycles. The number of hydrogen-bond donors (Lipinski definition) is 1. The lowest BCUT2D eigenvalue weighted by Gasteiger charge is -2.33. The van der Waals surface area contributed by atoms with E-state index in [1.165, 1.54) is 37.5 Å². The van der Waals surface area contributed by atoms with Crippen molar-refractivity contribution in [1.82, 2.24) is 0 Å². The van der Waals surface area contributed by atoms with Crippen LogP contribution >= 0.6 is 0 Å². The third-order valence-electron chi connectivity index (χ3n) is 4.88. The number of aromatic hydroxyl groups is 1. The molecule has 1 saturated carbocycles. The lowest BCUT2D eigenvalue weighted by Crippen LogP contribution is -2.22. The van der Waals surface area contributed by atoms with Crippen molar-refractivity contribution in [2.75, 3.05) is 0 Å². The van der Waals surface area contributed by atoms with Crippen LogP contribution in [-0.2, 0) is 0 Å². The Bertz CT molecular complexity index is 601. The lowest BCUT2D eigenvalue weighted by atomic mass is 9.72. The number of fused-ring (bicyclic) bond motifs is 1. The van der Waals surface area contributed by atoms with Crippen LogP contribution in [0.3, 0.4) is 0 Å². The highest BCUT2D eigenvalue weighted by Crippen LogP contribution is 2.37. The van der Waals surface area contributed by atoms with Gasteiger partial charge in [0.15, 0.2) is 0 Å². The highest BCUT2D eigenvalue weighted by Gasteiger charge is 2.25. The topological polar surface area (TPSA) is 20.2 Å². The fourth-order valence-corrected chi connectivity index (χ4v) is 3.45. The van der Waals surface area contributed by atoms with Gasteiger partial charge in [0, 0.05) is 0 Å². The van der Waals surface area contributed by atoms with Crippen LogP contribution < -0.4 is 0 Å². The average Bonchev–Trinajstić information content (AvgIpc) is 2.57. The van der Waals surface area contributed by atoms with Crippen LogP contribution in [0.4, 0.5) is 0 Å². The smallest absolute Gasteiger partial charge is 0.116 e. The Balaban J connectivity index is 0.000000221. The van der Waals surface area contributed by atoms with E-state index in [0.29, 0.717) is 11.2 Å². The van der Waals surface area contributed by atoms with E-state index in [4.69, 9.17) is 0 Å². The summed E-state index contributed by atoms with van der Waals surface area (Å²) in [6, 6.07) is 11.6. The zero-order valence-electron chi connectivity index (χ0n) is 16.5. The van der Waals surface area contributed by atoms with Gasteiger partial charge in [0.05, 0.1) is 0 Å². The number of benzene rings is 2. The molecule has 0 spiro atoms. The molecule has 1 fully saturated rings. The maximum Gasteiger partial charge on any atom is 0.116 e. The van der Waals surface area contributed by atoms with Crippen molar-refractivity contribution in [3.8, 4) is 5.75 Å². The largest absolute Gasteiger partial charge is 0.508 e. The van der Waals surface area contributed by atoms with Gasteiger partial charge in [-0.15, -0.1) is 0 Å². The first kappa shape index (κ1) is 20.5. The van der Waals surface area contributed by atoms with Crippen molar-refractivity contribution >= 4 is 10.8 Å². The first-order chi connectivity index (χ1) is 11.4. The molecule has 0 heterocycles. The molecule has 3 rings (SSSR count). The Morgan fingerprint density at radius 2 is 1.50 bits per heavy atom. The zero-order valence-corrected chi connectivity index (χ0v) is 16.5. The number of phenols is 1. The molecular weight excluding hydrogens is 292 g/mol. The average molecular weight is 329 g/mol. The van der Waals surface area contributed by atoms with Gasteiger partial charge >= 0.3 is 0 Å². The van der Waals surface area contributed by atoms with Gasteiger partial charge in [0.2, 0.25) is 0 Å². The van der Waals surface area contributed by atoms with Gasteiger partial charge in [-0.25, -0.2) is 0 Å². The Kier molecular flexibility index (Phi) is 8.31. The van der Waals surface area contributed by atoms with Crippen LogP contribution in [0, 0.1) is 18.3 Å². The highest BCUT2D eigenvalue weighted by atomic mass is 16.3. The molecule has 1 heteroatoms. The fourth-order valence-electron chi connectivity index (χ4n) is 3.45. The number of hydrogen-bond acceptors (Lipinski definition) is 1. The van der Waals surface area contributed by atoms with Gasteiger partial charge in [-0.2, -0.15) is 0 Å². The van der Waals surface area contributed by atoms with E-state index in [9.17, 15) is 5.11 Å². The maximum absolute atomic E-state index is 9.31. The van der Waals surface area contributed by atoms with E-state index in [2.05, 4.69) is 26.8 Å². The monoisotopic (exact) mass is 328 g/mol. The van der Waals surface area contributed by atoms with Crippen LogP contribution in [0.25, 0.3) is 10.8 Å².